The van der Waals surface area contributed by atoms with Gasteiger partial charge in [-0.25, -0.2) is 8.42 Å². The van der Waals surface area contributed by atoms with E-state index in [4.69, 9.17) is 34.8 Å². The maximum atomic E-state index is 14.3. The van der Waals surface area contributed by atoms with Crippen molar-refractivity contribution < 1.29 is 18.0 Å². The molecule has 0 saturated heterocycles. The summed E-state index contributed by atoms with van der Waals surface area (Å²) in [4.78, 5) is 29.4. The smallest absolute Gasteiger partial charge is 0.264 e. The number of nitrogens with one attached hydrogen (secondary N) is 1. The molecule has 0 aromatic heterocycles. The van der Waals surface area contributed by atoms with E-state index in [0.29, 0.717) is 38.3 Å². The first-order valence-corrected chi connectivity index (χ1v) is 16.9. The van der Waals surface area contributed by atoms with Crippen molar-refractivity contribution in [3.05, 3.63) is 92.4 Å². The Bertz CT molecular complexity index is 1580. The summed E-state index contributed by atoms with van der Waals surface area (Å²) in [6.45, 7) is 4.93. The molecule has 11 heteroatoms. The number of benzene rings is 3. The monoisotopic (exact) mass is 663 g/mol. The topological polar surface area (TPSA) is 86.8 Å². The molecule has 0 unspecified atom stereocenters. The molecule has 0 aliphatic heterocycles. The summed E-state index contributed by atoms with van der Waals surface area (Å²) in [5.74, 6) is -0.803. The molecule has 1 aliphatic rings. The zero-order valence-corrected chi connectivity index (χ0v) is 27.5. The van der Waals surface area contributed by atoms with Gasteiger partial charge in [-0.05, 0) is 86.7 Å². The number of amides is 2. The molecule has 1 fully saturated rings. The highest BCUT2D eigenvalue weighted by molar-refractivity contribution is 7.92. The van der Waals surface area contributed by atoms with E-state index < -0.39 is 28.5 Å². The molecule has 0 bridgehead atoms. The van der Waals surface area contributed by atoms with E-state index in [-0.39, 0.29) is 23.4 Å². The fourth-order valence-electron chi connectivity index (χ4n) is 5.37. The van der Waals surface area contributed by atoms with Gasteiger partial charge in [0.1, 0.15) is 12.6 Å². The molecule has 7 nitrogen and oxygen atoms in total. The van der Waals surface area contributed by atoms with Crippen LogP contribution in [0.5, 0.6) is 0 Å². The fraction of sp³-hybridized carbons (Fsp3) is 0.375. The lowest BCUT2D eigenvalue weighted by atomic mass is 10.1. The lowest BCUT2D eigenvalue weighted by Gasteiger charge is -2.34. The number of aryl methyl sites for hydroxylation is 2. The van der Waals surface area contributed by atoms with E-state index in [1.807, 2.05) is 13.8 Å². The van der Waals surface area contributed by atoms with Crippen LogP contribution in [0.3, 0.4) is 0 Å². The Hall–Kier alpha value is -2.78. The van der Waals surface area contributed by atoms with Gasteiger partial charge in [0.15, 0.2) is 0 Å². The summed E-state index contributed by atoms with van der Waals surface area (Å²) >= 11 is 18.6. The highest BCUT2D eigenvalue weighted by atomic mass is 35.5. The summed E-state index contributed by atoms with van der Waals surface area (Å²) in [6, 6.07) is 15.5. The molecule has 0 spiro atoms. The zero-order valence-electron chi connectivity index (χ0n) is 24.4. The summed E-state index contributed by atoms with van der Waals surface area (Å²) in [5.41, 5.74) is 2.45. The quantitative estimate of drug-likeness (QED) is 0.233. The summed E-state index contributed by atoms with van der Waals surface area (Å²) in [5, 5.41) is 4.23. The van der Waals surface area contributed by atoms with Gasteiger partial charge in [0.05, 0.1) is 20.6 Å². The van der Waals surface area contributed by atoms with E-state index in [1.54, 1.807) is 55.5 Å². The van der Waals surface area contributed by atoms with Crippen LogP contribution in [0.4, 0.5) is 5.69 Å². The van der Waals surface area contributed by atoms with Crippen LogP contribution < -0.4 is 9.62 Å². The minimum absolute atomic E-state index is 0.0321. The van der Waals surface area contributed by atoms with Crippen molar-refractivity contribution in [2.24, 2.45) is 0 Å². The number of sulfonamides is 1. The van der Waals surface area contributed by atoms with E-state index in [1.165, 1.54) is 17.0 Å². The van der Waals surface area contributed by atoms with Gasteiger partial charge in [0.2, 0.25) is 11.8 Å². The maximum absolute atomic E-state index is 14.3. The second kappa shape index (κ2) is 14.3. The van der Waals surface area contributed by atoms with Crippen molar-refractivity contribution >= 4 is 62.3 Å². The molecule has 2 amide bonds. The molecule has 3 aromatic rings. The van der Waals surface area contributed by atoms with Gasteiger partial charge in [-0.2, -0.15) is 0 Å². The second-order valence-corrected chi connectivity index (χ2v) is 14.1. The van der Waals surface area contributed by atoms with Crippen molar-refractivity contribution in [2.75, 3.05) is 10.8 Å². The molecule has 0 heterocycles. The number of rotatable bonds is 11. The van der Waals surface area contributed by atoms with Crippen LogP contribution in [-0.2, 0) is 26.2 Å². The van der Waals surface area contributed by atoms with Gasteiger partial charge in [-0.3, -0.25) is 13.9 Å². The first kappa shape index (κ1) is 33.1. The first-order chi connectivity index (χ1) is 20.4. The van der Waals surface area contributed by atoms with E-state index in [2.05, 4.69) is 5.32 Å². The Morgan fingerprint density at radius 3 is 2.21 bits per heavy atom. The molecule has 1 N–H and O–H groups in total. The average Bonchev–Trinajstić information content (AvgIpc) is 3.47. The third-order valence-electron chi connectivity index (χ3n) is 7.74. The van der Waals surface area contributed by atoms with Gasteiger partial charge in [0, 0.05) is 17.6 Å². The summed E-state index contributed by atoms with van der Waals surface area (Å²) < 4.78 is 29.3. The van der Waals surface area contributed by atoms with Gasteiger partial charge < -0.3 is 10.2 Å². The Morgan fingerprint density at radius 1 is 0.930 bits per heavy atom. The third-order valence-corrected chi connectivity index (χ3v) is 10.5. The summed E-state index contributed by atoms with van der Waals surface area (Å²) in [7, 11) is -4.19. The number of halogens is 3. The molecular weight excluding hydrogens is 629 g/mol. The fourth-order valence-corrected chi connectivity index (χ4v) is 7.40. The van der Waals surface area contributed by atoms with Crippen molar-refractivity contribution in [3.8, 4) is 0 Å². The molecule has 43 heavy (non-hydrogen) atoms. The number of carbonyl (C=O) groups excluding carboxylic acids is 2. The number of hydrogen-bond donors (Lipinski definition) is 1. The second-order valence-electron chi connectivity index (χ2n) is 10.9. The van der Waals surface area contributed by atoms with Crippen LogP contribution >= 0.6 is 34.8 Å². The molecule has 3 aromatic carbocycles. The molecule has 1 atom stereocenters. The Morgan fingerprint density at radius 2 is 1.60 bits per heavy atom. The molecule has 0 radical (unpaired) electrons. The normalized spacial score (nSPS) is 14.4. The van der Waals surface area contributed by atoms with Gasteiger partial charge in [0.25, 0.3) is 10.0 Å². The minimum Gasteiger partial charge on any atom is -0.352 e. The molecular formula is C32H36Cl3N3O4S. The average molecular weight is 665 g/mol. The van der Waals surface area contributed by atoms with E-state index >= 15 is 0 Å². The lowest BCUT2D eigenvalue weighted by molar-refractivity contribution is -0.140. The van der Waals surface area contributed by atoms with Crippen molar-refractivity contribution in [3.63, 3.8) is 0 Å². The number of nitrogens with zero attached hydrogens (tertiary/aromatic N) is 2. The molecule has 1 aliphatic carbocycles. The van der Waals surface area contributed by atoms with Gasteiger partial charge in [-0.1, -0.05) is 78.3 Å². The van der Waals surface area contributed by atoms with Crippen LogP contribution in [0.1, 0.15) is 55.7 Å². The SMILES string of the molecule is CC[C@H](C(=O)NC1CCCC1)N(Cc1ccc(Cl)c(Cl)c1)C(=O)CN(c1ccc(Cl)cc1C)S(=O)(=O)c1ccc(C)cc1. The van der Waals surface area contributed by atoms with Crippen LogP contribution in [0.15, 0.2) is 65.6 Å². The van der Waals surface area contributed by atoms with Gasteiger partial charge >= 0.3 is 0 Å². The van der Waals surface area contributed by atoms with Crippen LogP contribution in [0, 0.1) is 13.8 Å². The van der Waals surface area contributed by atoms with Crippen molar-refractivity contribution in [1.82, 2.24) is 10.2 Å². The van der Waals surface area contributed by atoms with Crippen molar-refractivity contribution in [2.45, 2.75) is 76.4 Å². The van der Waals surface area contributed by atoms with E-state index in [9.17, 15) is 18.0 Å². The predicted molar refractivity (Wildman–Crippen MR) is 173 cm³/mol. The lowest BCUT2D eigenvalue weighted by Crippen LogP contribution is -2.53. The third kappa shape index (κ3) is 8.04. The zero-order chi connectivity index (χ0) is 31.3. The first-order valence-electron chi connectivity index (χ1n) is 14.3. The number of anilines is 1. The standard InChI is InChI=1S/C32H36Cl3N3O4S/c1-4-29(32(40)36-25-7-5-6-8-25)37(19-23-11-15-27(34)28(35)18-23)31(39)20-38(30-16-12-24(33)17-22(30)3)43(41,42)26-13-9-21(2)10-14-26/h9-18,25,29H,4-8,19-20H2,1-3H3,(H,36,40)/t29-/m1/s1. The highest BCUT2D eigenvalue weighted by Crippen LogP contribution is 2.30. The minimum atomic E-state index is -4.19. The molecule has 4 rings (SSSR count). The number of hydrogen-bond acceptors (Lipinski definition) is 4. The van der Waals surface area contributed by atoms with Gasteiger partial charge in [-0.15, -0.1) is 0 Å². The summed E-state index contributed by atoms with van der Waals surface area (Å²) in [6.07, 6.45) is 4.19. The number of carbonyl (C=O) groups is 2. The van der Waals surface area contributed by atoms with Crippen molar-refractivity contribution in [1.29, 1.82) is 0 Å². The van der Waals surface area contributed by atoms with E-state index in [0.717, 1.165) is 35.6 Å². The molecule has 1 saturated carbocycles. The highest BCUT2D eigenvalue weighted by Gasteiger charge is 2.35. The largest absolute Gasteiger partial charge is 0.352 e. The Labute approximate surface area is 269 Å². The molecule has 230 valence electrons. The maximum Gasteiger partial charge on any atom is 0.264 e. The Balaban J connectivity index is 1.75. The van der Waals surface area contributed by atoms with Crippen LogP contribution in [-0.4, -0.2) is 43.8 Å². The van der Waals surface area contributed by atoms with Crippen LogP contribution in [0.2, 0.25) is 15.1 Å². The Kier molecular flexibility index (Phi) is 11.0. The predicted octanol–water partition coefficient (Wildman–Crippen LogP) is 7.33. The van der Waals surface area contributed by atoms with Crippen LogP contribution in [0.25, 0.3) is 0 Å².